The maximum Gasteiger partial charge on any atom is 0.337 e. The van der Waals surface area contributed by atoms with Gasteiger partial charge in [0.1, 0.15) is 11.3 Å². The molecule has 2 aromatic heterocycles. The van der Waals surface area contributed by atoms with E-state index in [-0.39, 0.29) is 10.6 Å². The standard InChI is InChI=1S/C11H7ClN4O2/c12-6-2-7-8(1-5(6)11(17)18)16-4-14-3-9(16)10(13)15-7/h1-4H,(H2,13,15)(H,17,18). The molecule has 0 aliphatic carbocycles. The van der Waals surface area contributed by atoms with Crippen molar-refractivity contribution in [3.05, 3.63) is 35.2 Å². The molecular formula is C11H7ClN4O2. The Balaban J connectivity index is 2.52. The quantitative estimate of drug-likeness (QED) is 0.698. The number of carbonyl (C=O) groups is 1. The normalized spacial score (nSPS) is 11.2. The summed E-state index contributed by atoms with van der Waals surface area (Å²) in [5.41, 5.74) is 7.55. The van der Waals surface area contributed by atoms with Crippen LogP contribution in [-0.2, 0) is 0 Å². The molecule has 0 radical (unpaired) electrons. The van der Waals surface area contributed by atoms with Crippen LogP contribution >= 0.6 is 11.6 Å². The number of anilines is 1. The molecule has 0 bridgehead atoms. The smallest absolute Gasteiger partial charge is 0.337 e. The molecule has 18 heavy (non-hydrogen) atoms. The van der Waals surface area contributed by atoms with Crippen LogP contribution in [0.25, 0.3) is 16.6 Å². The Labute approximate surface area is 106 Å². The lowest BCUT2D eigenvalue weighted by Crippen LogP contribution is -2.02. The van der Waals surface area contributed by atoms with Gasteiger partial charge in [0.15, 0.2) is 0 Å². The molecule has 7 heteroatoms. The first-order chi connectivity index (χ1) is 8.58. The van der Waals surface area contributed by atoms with E-state index in [0.29, 0.717) is 22.4 Å². The molecule has 2 heterocycles. The van der Waals surface area contributed by atoms with E-state index in [1.165, 1.54) is 12.1 Å². The number of nitrogens with zero attached hydrogens (tertiary/aromatic N) is 3. The van der Waals surface area contributed by atoms with Crippen molar-refractivity contribution in [1.29, 1.82) is 0 Å². The number of rotatable bonds is 1. The highest BCUT2D eigenvalue weighted by molar-refractivity contribution is 6.34. The molecule has 0 amide bonds. The zero-order valence-electron chi connectivity index (χ0n) is 8.96. The Bertz CT molecular complexity index is 796. The molecule has 0 aliphatic rings. The maximum atomic E-state index is 11.1. The average Bonchev–Trinajstić information content (AvgIpc) is 2.77. The van der Waals surface area contributed by atoms with Crippen molar-refractivity contribution in [2.45, 2.75) is 0 Å². The van der Waals surface area contributed by atoms with E-state index in [1.54, 1.807) is 16.9 Å². The summed E-state index contributed by atoms with van der Waals surface area (Å²) in [6.45, 7) is 0. The van der Waals surface area contributed by atoms with Gasteiger partial charge in [0, 0.05) is 0 Å². The number of nitrogen functional groups attached to an aromatic ring is 1. The van der Waals surface area contributed by atoms with Crippen molar-refractivity contribution in [2.24, 2.45) is 0 Å². The SMILES string of the molecule is Nc1nc2cc(Cl)c(C(=O)O)cc2n2cncc12. The fourth-order valence-corrected chi connectivity index (χ4v) is 2.10. The predicted octanol–water partition coefficient (Wildman–Crippen LogP) is 1.82. The summed E-state index contributed by atoms with van der Waals surface area (Å²) in [6.07, 6.45) is 3.12. The number of aromatic carboxylic acids is 1. The molecule has 6 nitrogen and oxygen atoms in total. The third-order valence-corrected chi connectivity index (χ3v) is 3.01. The highest BCUT2D eigenvalue weighted by atomic mass is 35.5. The lowest BCUT2D eigenvalue weighted by molar-refractivity contribution is 0.0697. The molecule has 0 unspecified atom stereocenters. The van der Waals surface area contributed by atoms with Gasteiger partial charge in [-0.05, 0) is 12.1 Å². The van der Waals surface area contributed by atoms with Crippen molar-refractivity contribution in [3.63, 3.8) is 0 Å². The summed E-state index contributed by atoms with van der Waals surface area (Å²) in [4.78, 5) is 19.2. The van der Waals surface area contributed by atoms with Gasteiger partial charge in [-0.25, -0.2) is 14.8 Å². The fourth-order valence-electron chi connectivity index (χ4n) is 1.86. The fraction of sp³-hybridized carbons (Fsp3) is 0. The largest absolute Gasteiger partial charge is 0.478 e. The summed E-state index contributed by atoms with van der Waals surface area (Å²) >= 11 is 5.89. The number of fused-ring (bicyclic) bond motifs is 3. The van der Waals surface area contributed by atoms with Gasteiger partial charge in [0.05, 0.1) is 34.1 Å². The molecule has 0 atom stereocenters. The summed E-state index contributed by atoms with van der Waals surface area (Å²) in [7, 11) is 0. The third kappa shape index (κ3) is 1.39. The lowest BCUT2D eigenvalue weighted by Gasteiger charge is -2.06. The molecule has 0 fully saturated rings. The number of imidazole rings is 1. The van der Waals surface area contributed by atoms with Crippen molar-refractivity contribution >= 4 is 39.9 Å². The van der Waals surface area contributed by atoms with E-state index in [9.17, 15) is 4.79 Å². The van der Waals surface area contributed by atoms with Crippen molar-refractivity contribution < 1.29 is 9.90 Å². The molecule has 90 valence electrons. The van der Waals surface area contributed by atoms with E-state index >= 15 is 0 Å². The number of nitrogens with two attached hydrogens (primary N) is 1. The minimum Gasteiger partial charge on any atom is -0.478 e. The number of aromatic nitrogens is 3. The van der Waals surface area contributed by atoms with Crippen LogP contribution in [0.5, 0.6) is 0 Å². The van der Waals surface area contributed by atoms with Gasteiger partial charge >= 0.3 is 5.97 Å². The monoisotopic (exact) mass is 262 g/mol. The minimum absolute atomic E-state index is 0.0192. The highest BCUT2D eigenvalue weighted by Gasteiger charge is 2.13. The van der Waals surface area contributed by atoms with Crippen LogP contribution in [0.4, 0.5) is 5.82 Å². The molecule has 3 N–H and O–H groups in total. The zero-order chi connectivity index (χ0) is 12.9. The van der Waals surface area contributed by atoms with Gasteiger partial charge < -0.3 is 10.8 Å². The molecule has 0 aliphatic heterocycles. The van der Waals surface area contributed by atoms with E-state index in [1.807, 2.05) is 0 Å². The number of carboxylic acid groups (broad SMARTS) is 1. The van der Waals surface area contributed by atoms with Crippen molar-refractivity contribution in [1.82, 2.24) is 14.4 Å². The van der Waals surface area contributed by atoms with Gasteiger partial charge in [-0.15, -0.1) is 0 Å². The molecular weight excluding hydrogens is 256 g/mol. The predicted molar refractivity (Wildman–Crippen MR) is 66.9 cm³/mol. The average molecular weight is 263 g/mol. The van der Waals surface area contributed by atoms with E-state index < -0.39 is 5.97 Å². The van der Waals surface area contributed by atoms with Crippen LogP contribution in [0.15, 0.2) is 24.7 Å². The third-order valence-electron chi connectivity index (χ3n) is 2.70. The maximum absolute atomic E-state index is 11.1. The zero-order valence-corrected chi connectivity index (χ0v) is 9.72. The molecule has 0 saturated carbocycles. The summed E-state index contributed by atoms with van der Waals surface area (Å²) < 4.78 is 1.68. The summed E-state index contributed by atoms with van der Waals surface area (Å²) in [5, 5.41) is 9.17. The van der Waals surface area contributed by atoms with Crippen molar-refractivity contribution in [3.8, 4) is 0 Å². The van der Waals surface area contributed by atoms with Crippen LogP contribution in [-0.4, -0.2) is 25.4 Å². The molecule has 3 rings (SSSR count). The number of hydrogen-bond acceptors (Lipinski definition) is 4. The van der Waals surface area contributed by atoms with Gasteiger partial charge in [-0.1, -0.05) is 11.6 Å². The lowest BCUT2D eigenvalue weighted by atomic mass is 10.2. The first-order valence-corrected chi connectivity index (χ1v) is 5.40. The minimum atomic E-state index is -1.09. The number of halogens is 1. The second-order valence-electron chi connectivity index (χ2n) is 3.77. The summed E-state index contributed by atoms with van der Waals surface area (Å²) in [5.74, 6) is -0.772. The second kappa shape index (κ2) is 3.58. The van der Waals surface area contributed by atoms with E-state index in [2.05, 4.69) is 9.97 Å². The van der Waals surface area contributed by atoms with Gasteiger partial charge in [0.2, 0.25) is 0 Å². The Kier molecular flexibility index (Phi) is 2.14. The Morgan fingerprint density at radius 2 is 2.17 bits per heavy atom. The molecule has 3 aromatic rings. The highest BCUT2D eigenvalue weighted by Crippen LogP contribution is 2.25. The topological polar surface area (TPSA) is 93.5 Å². The van der Waals surface area contributed by atoms with Gasteiger partial charge in [-0.3, -0.25) is 4.40 Å². The van der Waals surface area contributed by atoms with Gasteiger partial charge in [0.25, 0.3) is 0 Å². The first-order valence-electron chi connectivity index (χ1n) is 5.02. The van der Waals surface area contributed by atoms with Crippen LogP contribution < -0.4 is 5.73 Å². The van der Waals surface area contributed by atoms with Crippen LogP contribution in [0.3, 0.4) is 0 Å². The number of hydrogen-bond donors (Lipinski definition) is 2. The molecule has 0 saturated heterocycles. The second-order valence-corrected chi connectivity index (χ2v) is 4.18. The van der Waals surface area contributed by atoms with Crippen LogP contribution in [0.1, 0.15) is 10.4 Å². The Morgan fingerprint density at radius 1 is 1.39 bits per heavy atom. The first kappa shape index (κ1) is 10.8. The summed E-state index contributed by atoms with van der Waals surface area (Å²) in [6, 6.07) is 2.94. The Hall–Kier alpha value is -2.34. The van der Waals surface area contributed by atoms with Crippen LogP contribution in [0, 0.1) is 0 Å². The van der Waals surface area contributed by atoms with Crippen molar-refractivity contribution in [2.75, 3.05) is 5.73 Å². The molecule has 1 aromatic carbocycles. The number of benzene rings is 1. The number of carboxylic acids is 1. The Morgan fingerprint density at radius 3 is 2.89 bits per heavy atom. The molecule has 0 spiro atoms. The van der Waals surface area contributed by atoms with E-state index in [0.717, 1.165) is 0 Å². The van der Waals surface area contributed by atoms with Crippen LogP contribution in [0.2, 0.25) is 5.02 Å². The van der Waals surface area contributed by atoms with Gasteiger partial charge in [-0.2, -0.15) is 0 Å². The van der Waals surface area contributed by atoms with E-state index in [4.69, 9.17) is 22.4 Å².